The number of urea groups is 1. The molecule has 2 aliphatic carbocycles. The van der Waals surface area contributed by atoms with Crippen molar-refractivity contribution in [2.45, 2.75) is 75.8 Å². The van der Waals surface area contributed by atoms with Gasteiger partial charge in [0.1, 0.15) is 17.6 Å². The Morgan fingerprint density at radius 2 is 1.92 bits per heavy atom. The van der Waals surface area contributed by atoms with Crippen LogP contribution in [0, 0.1) is 17.2 Å². The molecule has 7 nitrogen and oxygen atoms in total. The third-order valence-electron chi connectivity index (χ3n) is 6.13. The number of nitrogens with zero attached hydrogens (tertiary/aromatic N) is 2. The van der Waals surface area contributed by atoms with Gasteiger partial charge >= 0.3 is 6.03 Å². The lowest BCUT2D eigenvalue weighted by molar-refractivity contribution is -0.136. The summed E-state index contributed by atoms with van der Waals surface area (Å²) in [6.07, 6.45) is 7.24. The molecule has 0 atom stereocenters. The maximum Gasteiger partial charge on any atom is 0.325 e. The van der Waals surface area contributed by atoms with E-state index in [0.29, 0.717) is 31.6 Å². The highest BCUT2D eigenvalue weighted by molar-refractivity contribution is 6.09. The summed E-state index contributed by atoms with van der Waals surface area (Å²) in [4.78, 5) is 38.4. The molecule has 3 rings (SSSR count). The summed E-state index contributed by atoms with van der Waals surface area (Å²) in [6, 6.07) is 1.69. The first kappa shape index (κ1) is 17.7. The van der Waals surface area contributed by atoms with Gasteiger partial charge in [-0.3, -0.25) is 14.5 Å². The van der Waals surface area contributed by atoms with Gasteiger partial charge in [0, 0.05) is 0 Å². The SMILES string of the molecule is CCC1CCC2(CC1)NC(=O)N(CC(=O)NC1(C#N)CCCC1)C2=O. The maximum absolute atomic E-state index is 12.8. The molecule has 0 aromatic heterocycles. The van der Waals surface area contributed by atoms with Crippen molar-refractivity contribution in [3.05, 3.63) is 0 Å². The molecule has 1 heterocycles. The van der Waals surface area contributed by atoms with Gasteiger partial charge in [-0.25, -0.2) is 4.79 Å². The van der Waals surface area contributed by atoms with Crippen molar-refractivity contribution in [3.8, 4) is 6.07 Å². The van der Waals surface area contributed by atoms with Gasteiger partial charge in [0.2, 0.25) is 5.91 Å². The average Bonchev–Trinajstić information content (AvgIpc) is 3.15. The van der Waals surface area contributed by atoms with E-state index < -0.39 is 23.0 Å². The molecule has 2 N–H and O–H groups in total. The molecule has 2 saturated carbocycles. The Kier molecular flexibility index (Phi) is 4.72. The second kappa shape index (κ2) is 6.66. The Morgan fingerprint density at radius 1 is 1.28 bits per heavy atom. The van der Waals surface area contributed by atoms with E-state index in [1.807, 2.05) is 0 Å². The van der Waals surface area contributed by atoms with E-state index in [4.69, 9.17) is 0 Å². The van der Waals surface area contributed by atoms with Crippen LogP contribution in [0.5, 0.6) is 0 Å². The summed E-state index contributed by atoms with van der Waals surface area (Å²) in [5, 5.41) is 14.9. The molecule has 3 fully saturated rings. The summed E-state index contributed by atoms with van der Waals surface area (Å²) in [7, 11) is 0. The lowest BCUT2D eigenvalue weighted by Crippen LogP contribution is -2.51. The topological polar surface area (TPSA) is 102 Å². The summed E-state index contributed by atoms with van der Waals surface area (Å²) in [5.41, 5.74) is -1.67. The molecule has 0 unspecified atom stereocenters. The van der Waals surface area contributed by atoms with Crippen LogP contribution in [-0.4, -0.2) is 40.4 Å². The third kappa shape index (κ3) is 3.22. The highest BCUT2D eigenvalue weighted by atomic mass is 16.2. The molecule has 0 aromatic rings. The number of carbonyl (C=O) groups excluding carboxylic acids is 3. The van der Waals surface area contributed by atoms with Gasteiger partial charge in [0.15, 0.2) is 0 Å². The summed E-state index contributed by atoms with van der Waals surface area (Å²) >= 11 is 0. The van der Waals surface area contributed by atoms with Crippen molar-refractivity contribution in [2.24, 2.45) is 5.92 Å². The molecule has 3 aliphatic rings. The molecule has 1 aliphatic heterocycles. The Labute approximate surface area is 148 Å². The molecule has 0 aromatic carbocycles. The molecule has 4 amide bonds. The normalized spacial score (nSPS) is 31.0. The number of hydrogen-bond donors (Lipinski definition) is 2. The van der Waals surface area contributed by atoms with Crippen LogP contribution in [-0.2, 0) is 9.59 Å². The number of hydrogen-bond acceptors (Lipinski definition) is 4. The summed E-state index contributed by atoms with van der Waals surface area (Å²) in [6.45, 7) is 1.83. The van der Waals surface area contributed by atoms with Crippen LogP contribution in [0.3, 0.4) is 0 Å². The Balaban J connectivity index is 1.63. The van der Waals surface area contributed by atoms with Gasteiger partial charge in [-0.2, -0.15) is 5.26 Å². The van der Waals surface area contributed by atoms with Crippen molar-refractivity contribution in [1.29, 1.82) is 5.26 Å². The standard InChI is InChI=1S/C18H26N4O3/c1-2-13-5-9-18(10-6-13)15(24)22(16(25)21-18)11-14(23)20-17(12-19)7-3-4-8-17/h13H,2-11H2,1H3,(H,20,23)(H,21,25). The van der Waals surface area contributed by atoms with Crippen molar-refractivity contribution in [3.63, 3.8) is 0 Å². The van der Waals surface area contributed by atoms with Gasteiger partial charge in [-0.15, -0.1) is 0 Å². The molecule has 0 bridgehead atoms. The van der Waals surface area contributed by atoms with Crippen LogP contribution in [0.2, 0.25) is 0 Å². The highest BCUT2D eigenvalue weighted by Gasteiger charge is 2.52. The molecule has 25 heavy (non-hydrogen) atoms. The number of nitrogens with one attached hydrogen (secondary N) is 2. The van der Waals surface area contributed by atoms with Gasteiger partial charge in [-0.1, -0.05) is 13.3 Å². The van der Waals surface area contributed by atoms with Crippen LogP contribution < -0.4 is 10.6 Å². The maximum atomic E-state index is 12.8. The summed E-state index contributed by atoms with van der Waals surface area (Å²) < 4.78 is 0. The minimum Gasteiger partial charge on any atom is -0.336 e. The van der Waals surface area contributed by atoms with Crippen LogP contribution >= 0.6 is 0 Å². The second-order valence-electron chi connectivity index (χ2n) is 7.70. The van der Waals surface area contributed by atoms with Gasteiger partial charge < -0.3 is 10.6 Å². The number of imide groups is 1. The van der Waals surface area contributed by atoms with Crippen molar-refractivity contribution < 1.29 is 14.4 Å². The fraction of sp³-hybridized carbons (Fsp3) is 0.778. The van der Waals surface area contributed by atoms with E-state index in [1.54, 1.807) is 0 Å². The summed E-state index contributed by atoms with van der Waals surface area (Å²) in [5.74, 6) is -0.128. The molecule has 1 spiro atoms. The van der Waals surface area contributed by atoms with E-state index in [-0.39, 0.29) is 12.5 Å². The number of carbonyl (C=O) groups is 3. The predicted octanol–water partition coefficient (Wildman–Crippen LogP) is 1.83. The van der Waals surface area contributed by atoms with Crippen LogP contribution in [0.4, 0.5) is 4.79 Å². The van der Waals surface area contributed by atoms with Gasteiger partial charge in [0.05, 0.1) is 6.07 Å². The minimum atomic E-state index is -0.840. The van der Waals surface area contributed by atoms with E-state index in [1.165, 1.54) is 0 Å². The molecular formula is C18H26N4O3. The minimum absolute atomic E-state index is 0.292. The van der Waals surface area contributed by atoms with Crippen molar-refractivity contribution in [1.82, 2.24) is 15.5 Å². The quantitative estimate of drug-likeness (QED) is 0.758. The highest BCUT2D eigenvalue weighted by Crippen LogP contribution is 2.37. The molecule has 7 heteroatoms. The van der Waals surface area contributed by atoms with Crippen LogP contribution in [0.25, 0.3) is 0 Å². The molecule has 0 radical (unpaired) electrons. The Morgan fingerprint density at radius 3 is 2.48 bits per heavy atom. The lowest BCUT2D eigenvalue weighted by Gasteiger charge is -2.34. The third-order valence-corrected chi connectivity index (χ3v) is 6.13. The average molecular weight is 346 g/mol. The predicted molar refractivity (Wildman–Crippen MR) is 90.2 cm³/mol. The molecular weight excluding hydrogens is 320 g/mol. The fourth-order valence-corrected chi connectivity index (χ4v) is 4.43. The lowest BCUT2D eigenvalue weighted by atomic mass is 9.75. The van der Waals surface area contributed by atoms with Crippen LogP contribution in [0.1, 0.15) is 64.7 Å². The van der Waals surface area contributed by atoms with Gasteiger partial charge in [0.25, 0.3) is 5.91 Å². The second-order valence-corrected chi connectivity index (χ2v) is 7.70. The Hall–Kier alpha value is -2.10. The number of amides is 4. The van der Waals surface area contributed by atoms with Crippen molar-refractivity contribution in [2.75, 3.05) is 6.54 Å². The number of rotatable bonds is 4. The zero-order valence-electron chi connectivity index (χ0n) is 14.8. The molecule has 1 saturated heterocycles. The largest absolute Gasteiger partial charge is 0.336 e. The molecule has 136 valence electrons. The smallest absolute Gasteiger partial charge is 0.325 e. The first-order valence-corrected chi connectivity index (χ1v) is 9.30. The monoisotopic (exact) mass is 346 g/mol. The fourth-order valence-electron chi connectivity index (χ4n) is 4.43. The van der Waals surface area contributed by atoms with Gasteiger partial charge in [-0.05, 0) is 57.3 Å². The van der Waals surface area contributed by atoms with E-state index in [0.717, 1.165) is 37.0 Å². The first-order chi connectivity index (χ1) is 11.9. The zero-order valence-corrected chi connectivity index (χ0v) is 14.8. The number of nitriles is 1. The van der Waals surface area contributed by atoms with E-state index in [9.17, 15) is 19.6 Å². The first-order valence-electron chi connectivity index (χ1n) is 9.30. The van der Waals surface area contributed by atoms with Crippen LogP contribution in [0.15, 0.2) is 0 Å². The Bertz CT molecular complexity index is 610. The zero-order chi connectivity index (χ0) is 18.1. The van der Waals surface area contributed by atoms with E-state index in [2.05, 4.69) is 23.6 Å². The van der Waals surface area contributed by atoms with Crippen molar-refractivity contribution >= 4 is 17.8 Å². The van der Waals surface area contributed by atoms with E-state index >= 15 is 0 Å².